The molecule has 9 heteroatoms. The predicted octanol–water partition coefficient (Wildman–Crippen LogP) is 1.49. The molecule has 3 atom stereocenters. The SMILES string of the molecule is CC(O[P+](=O)O)C(NC(=O)CCCCCCS)C(=O)O. The predicted molar refractivity (Wildman–Crippen MR) is 76.9 cm³/mol. The van der Waals surface area contributed by atoms with Crippen LogP contribution in [0.25, 0.3) is 0 Å². The first-order valence-corrected chi connectivity index (χ1v) is 8.10. The van der Waals surface area contributed by atoms with Crippen molar-refractivity contribution in [2.24, 2.45) is 0 Å². The first-order valence-electron chi connectivity index (χ1n) is 6.34. The number of aliphatic carboxylic acids is 1. The Morgan fingerprint density at radius 3 is 2.40 bits per heavy atom. The number of carbonyl (C=O) groups excluding carboxylic acids is 1. The van der Waals surface area contributed by atoms with Crippen molar-refractivity contribution in [2.75, 3.05) is 5.75 Å². The lowest BCUT2D eigenvalue weighted by atomic mass is 10.1. The average Bonchev–Trinajstić information content (AvgIpc) is 2.34. The van der Waals surface area contributed by atoms with Gasteiger partial charge in [0.1, 0.15) is 6.10 Å². The van der Waals surface area contributed by atoms with Gasteiger partial charge in [0, 0.05) is 11.0 Å². The van der Waals surface area contributed by atoms with Gasteiger partial charge < -0.3 is 10.4 Å². The Balaban J connectivity index is 4.14. The van der Waals surface area contributed by atoms with Crippen molar-refractivity contribution in [1.29, 1.82) is 0 Å². The lowest BCUT2D eigenvalue weighted by molar-refractivity contribution is -0.144. The molecule has 20 heavy (non-hydrogen) atoms. The van der Waals surface area contributed by atoms with Crippen LogP contribution in [0.15, 0.2) is 0 Å². The second-order valence-corrected chi connectivity index (χ2v) is 5.45. The fraction of sp³-hybridized carbons (Fsp3) is 0.818. The number of thiol groups is 1. The van der Waals surface area contributed by atoms with E-state index in [9.17, 15) is 14.2 Å². The van der Waals surface area contributed by atoms with Gasteiger partial charge in [-0.3, -0.25) is 4.79 Å². The van der Waals surface area contributed by atoms with E-state index in [-0.39, 0.29) is 6.42 Å². The Morgan fingerprint density at radius 1 is 1.30 bits per heavy atom. The summed E-state index contributed by atoms with van der Waals surface area (Å²) in [6.45, 7) is 1.31. The zero-order valence-corrected chi connectivity index (χ0v) is 13.1. The monoisotopic (exact) mass is 326 g/mol. The van der Waals surface area contributed by atoms with E-state index in [1.807, 2.05) is 0 Å². The lowest BCUT2D eigenvalue weighted by Gasteiger charge is -2.16. The molecule has 3 N–H and O–H groups in total. The van der Waals surface area contributed by atoms with Gasteiger partial charge in [-0.2, -0.15) is 12.6 Å². The van der Waals surface area contributed by atoms with E-state index in [4.69, 9.17) is 10.00 Å². The third-order valence-electron chi connectivity index (χ3n) is 2.62. The fourth-order valence-electron chi connectivity index (χ4n) is 1.58. The summed E-state index contributed by atoms with van der Waals surface area (Å²) >= 11 is 4.08. The van der Waals surface area contributed by atoms with Crippen LogP contribution < -0.4 is 5.32 Å². The highest BCUT2D eigenvalue weighted by atomic mass is 32.1. The molecule has 0 bridgehead atoms. The zero-order valence-electron chi connectivity index (χ0n) is 11.3. The van der Waals surface area contributed by atoms with Gasteiger partial charge in [-0.15, -0.1) is 9.42 Å². The summed E-state index contributed by atoms with van der Waals surface area (Å²) in [5, 5.41) is 11.3. The van der Waals surface area contributed by atoms with Gasteiger partial charge in [-0.25, -0.2) is 4.79 Å². The molecule has 0 aliphatic heterocycles. The molecule has 7 nitrogen and oxygen atoms in total. The normalized spacial score (nSPS) is 14.4. The number of carboxylic acid groups (broad SMARTS) is 1. The highest BCUT2D eigenvalue weighted by molar-refractivity contribution is 7.80. The number of amides is 1. The molecule has 0 radical (unpaired) electrons. The van der Waals surface area contributed by atoms with Crippen LogP contribution in [0.3, 0.4) is 0 Å². The van der Waals surface area contributed by atoms with Crippen LogP contribution in [0.4, 0.5) is 0 Å². The quantitative estimate of drug-likeness (QED) is 0.260. The molecular formula is C11H21NO6PS+. The number of rotatable bonds is 11. The maximum Gasteiger partial charge on any atom is 0.695 e. The molecule has 3 unspecified atom stereocenters. The molecule has 0 aromatic heterocycles. The third kappa shape index (κ3) is 9.25. The second-order valence-electron chi connectivity index (χ2n) is 4.32. The Kier molecular flexibility index (Phi) is 10.6. The van der Waals surface area contributed by atoms with Gasteiger partial charge in [-0.05, 0) is 25.5 Å². The average molecular weight is 326 g/mol. The molecule has 0 spiro atoms. The molecule has 0 aromatic carbocycles. The van der Waals surface area contributed by atoms with E-state index >= 15 is 0 Å². The number of carbonyl (C=O) groups is 2. The van der Waals surface area contributed by atoms with Crippen LogP contribution in [0.1, 0.15) is 39.0 Å². The summed E-state index contributed by atoms with van der Waals surface area (Å²) in [5.74, 6) is -0.911. The van der Waals surface area contributed by atoms with Crippen LogP contribution in [0, 0.1) is 0 Å². The summed E-state index contributed by atoms with van der Waals surface area (Å²) < 4.78 is 15.0. The van der Waals surface area contributed by atoms with E-state index in [1.165, 1.54) is 6.92 Å². The van der Waals surface area contributed by atoms with Crippen molar-refractivity contribution in [3.8, 4) is 0 Å². The minimum Gasteiger partial charge on any atom is -0.480 e. The molecule has 0 heterocycles. The van der Waals surface area contributed by atoms with Gasteiger partial charge in [-0.1, -0.05) is 12.8 Å². The van der Waals surface area contributed by atoms with Gasteiger partial charge in [0.05, 0.1) is 0 Å². The number of nitrogens with one attached hydrogen (secondary N) is 1. The van der Waals surface area contributed by atoms with Crippen molar-refractivity contribution in [3.05, 3.63) is 0 Å². The highest BCUT2D eigenvalue weighted by Gasteiger charge is 2.33. The van der Waals surface area contributed by atoms with Crippen molar-refractivity contribution < 1.29 is 28.7 Å². The summed E-state index contributed by atoms with van der Waals surface area (Å²) in [4.78, 5) is 31.2. The Bertz CT molecular complexity index is 341. The fourth-order valence-corrected chi connectivity index (χ4v) is 2.21. The molecule has 0 aromatic rings. The minimum atomic E-state index is -2.91. The molecule has 0 saturated carbocycles. The van der Waals surface area contributed by atoms with Crippen molar-refractivity contribution in [3.63, 3.8) is 0 Å². The van der Waals surface area contributed by atoms with E-state index in [0.29, 0.717) is 6.42 Å². The molecule has 116 valence electrons. The van der Waals surface area contributed by atoms with Gasteiger partial charge in [0.15, 0.2) is 6.04 Å². The number of hydrogen-bond donors (Lipinski definition) is 4. The van der Waals surface area contributed by atoms with Gasteiger partial charge in [0.25, 0.3) is 0 Å². The summed E-state index contributed by atoms with van der Waals surface area (Å²) in [5.41, 5.74) is 0. The smallest absolute Gasteiger partial charge is 0.480 e. The van der Waals surface area contributed by atoms with Crippen LogP contribution in [0.2, 0.25) is 0 Å². The Hall–Kier alpha value is -0.690. The minimum absolute atomic E-state index is 0.217. The Morgan fingerprint density at radius 2 is 1.90 bits per heavy atom. The first-order chi connectivity index (χ1) is 9.38. The molecule has 0 aliphatic rings. The molecule has 0 rings (SSSR count). The van der Waals surface area contributed by atoms with Crippen molar-refractivity contribution in [2.45, 2.75) is 51.2 Å². The number of carboxylic acids is 1. The molecule has 0 fully saturated rings. The van der Waals surface area contributed by atoms with Crippen LogP contribution in [0.5, 0.6) is 0 Å². The maximum absolute atomic E-state index is 11.6. The highest BCUT2D eigenvalue weighted by Crippen LogP contribution is 2.19. The topological polar surface area (TPSA) is 113 Å². The number of hydrogen-bond acceptors (Lipinski definition) is 5. The van der Waals surface area contributed by atoms with E-state index < -0.39 is 32.3 Å². The van der Waals surface area contributed by atoms with E-state index in [1.54, 1.807) is 0 Å². The van der Waals surface area contributed by atoms with Crippen molar-refractivity contribution in [1.82, 2.24) is 5.32 Å². The molecule has 0 aliphatic carbocycles. The van der Waals surface area contributed by atoms with Crippen molar-refractivity contribution >= 4 is 32.8 Å². The molecule has 0 saturated heterocycles. The summed E-state index contributed by atoms with van der Waals surface area (Å²) in [6.07, 6.45) is 2.62. The van der Waals surface area contributed by atoms with Crippen LogP contribution in [-0.2, 0) is 18.7 Å². The number of unbranched alkanes of at least 4 members (excludes halogenated alkanes) is 3. The maximum atomic E-state index is 11.6. The largest absolute Gasteiger partial charge is 0.695 e. The zero-order chi connectivity index (χ0) is 15.5. The van der Waals surface area contributed by atoms with Crippen LogP contribution in [-0.4, -0.2) is 39.8 Å². The molecule has 1 amide bonds. The van der Waals surface area contributed by atoms with E-state index in [0.717, 1.165) is 25.0 Å². The van der Waals surface area contributed by atoms with E-state index in [2.05, 4.69) is 22.5 Å². The second kappa shape index (κ2) is 11.0. The van der Waals surface area contributed by atoms with Gasteiger partial charge in [0.2, 0.25) is 5.91 Å². The summed E-state index contributed by atoms with van der Waals surface area (Å²) in [7, 11) is -2.91. The molecular weight excluding hydrogens is 305 g/mol. The van der Waals surface area contributed by atoms with Gasteiger partial charge >= 0.3 is 14.2 Å². The standard InChI is InChI=1S/C11H20NO6PS/c1-8(18-19(16)17)10(11(14)15)12-9(13)6-4-2-3-5-7-20/h8,10H,2-7H2,1H3,(H3-,12,13,14,15,16,17,20)/p+1. The summed E-state index contributed by atoms with van der Waals surface area (Å²) in [6, 6.07) is -1.34. The Labute approximate surface area is 124 Å². The lowest BCUT2D eigenvalue weighted by Crippen LogP contribution is -2.48. The third-order valence-corrected chi connectivity index (χ3v) is 3.45. The van der Waals surface area contributed by atoms with Crippen LogP contribution >= 0.6 is 20.9 Å². The first kappa shape index (κ1) is 19.3.